The van der Waals surface area contributed by atoms with E-state index in [1.165, 1.54) is 30.3 Å². The lowest BCUT2D eigenvalue weighted by Crippen LogP contribution is -2.32. The number of para-hydroxylation sites is 1. The molecule has 4 N–H and O–H groups in total. The zero-order chi connectivity index (χ0) is 26.5. The minimum absolute atomic E-state index is 0.0479. The molecular weight excluding hydrogens is 512 g/mol. The van der Waals surface area contributed by atoms with Crippen molar-refractivity contribution in [1.82, 2.24) is 5.32 Å². The number of carbonyl (C=O) groups is 1. The van der Waals surface area contributed by atoms with E-state index in [9.17, 15) is 22.4 Å². The van der Waals surface area contributed by atoms with Gasteiger partial charge in [0.1, 0.15) is 17.2 Å². The van der Waals surface area contributed by atoms with E-state index in [-0.39, 0.29) is 28.4 Å². The first kappa shape index (κ1) is 25.0. The molecule has 0 radical (unpaired) electrons. The maximum atomic E-state index is 14.3. The number of hydrogen-bond acceptors (Lipinski definition) is 5. The third-order valence-electron chi connectivity index (χ3n) is 6.21. The van der Waals surface area contributed by atoms with E-state index in [1.807, 2.05) is 13.8 Å². The summed E-state index contributed by atoms with van der Waals surface area (Å²) in [5.74, 6) is -0.755. The third-order valence-corrected chi connectivity index (χ3v) is 6.52. The fraction of sp³-hybridized carbons (Fsp3) is 0.269. The number of halogens is 5. The van der Waals surface area contributed by atoms with Gasteiger partial charge in [-0.1, -0.05) is 35.9 Å². The van der Waals surface area contributed by atoms with Crippen LogP contribution in [0.15, 0.2) is 48.5 Å². The number of amides is 1. The highest BCUT2D eigenvalue weighted by Crippen LogP contribution is 2.48. The van der Waals surface area contributed by atoms with Gasteiger partial charge < -0.3 is 26.0 Å². The molecule has 0 aromatic heterocycles. The summed E-state index contributed by atoms with van der Waals surface area (Å²) in [5, 5.41) is 12.2. The molecule has 2 heterocycles. The molecule has 0 aliphatic carbocycles. The summed E-state index contributed by atoms with van der Waals surface area (Å²) in [6.45, 7) is 3.43. The predicted molar refractivity (Wildman–Crippen MR) is 134 cm³/mol. The van der Waals surface area contributed by atoms with Crippen molar-refractivity contribution in [2.24, 2.45) is 0 Å². The highest BCUT2D eigenvalue weighted by atomic mass is 35.5. The van der Waals surface area contributed by atoms with Crippen molar-refractivity contribution in [3.8, 4) is 5.75 Å². The van der Waals surface area contributed by atoms with Crippen LogP contribution in [0.4, 0.5) is 34.6 Å². The molecule has 0 saturated heterocycles. The lowest BCUT2D eigenvalue weighted by molar-refractivity contribution is -0.138. The Balaban J connectivity index is 1.42. The van der Waals surface area contributed by atoms with Crippen LogP contribution >= 0.6 is 11.6 Å². The third kappa shape index (κ3) is 4.85. The van der Waals surface area contributed by atoms with Crippen LogP contribution in [-0.2, 0) is 19.1 Å². The Morgan fingerprint density at radius 1 is 1.16 bits per heavy atom. The summed E-state index contributed by atoms with van der Waals surface area (Å²) in [6.07, 6.45) is -4.71. The van der Waals surface area contributed by atoms with E-state index < -0.39 is 35.4 Å². The maximum Gasteiger partial charge on any atom is 0.416 e. The second kappa shape index (κ2) is 9.02. The van der Waals surface area contributed by atoms with Gasteiger partial charge in [0.15, 0.2) is 6.29 Å². The van der Waals surface area contributed by atoms with E-state index in [0.29, 0.717) is 23.5 Å². The van der Waals surface area contributed by atoms with Gasteiger partial charge in [0, 0.05) is 18.5 Å². The first-order valence-corrected chi connectivity index (χ1v) is 11.9. The van der Waals surface area contributed by atoms with Gasteiger partial charge in [-0.3, -0.25) is 4.79 Å². The average molecular weight is 535 g/mol. The molecule has 37 heavy (non-hydrogen) atoms. The molecule has 1 atom stereocenters. The predicted octanol–water partition coefficient (Wildman–Crippen LogP) is 6.37. The van der Waals surface area contributed by atoms with E-state index in [2.05, 4.69) is 21.3 Å². The molecule has 3 aromatic carbocycles. The fourth-order valence-electron chi connectivity index (χ4n) is 4.60. The van der Waals surface area contributed by atoms with Crippen molar-refractivity contribution in [2.45, 2.75) is 44.9 Å². The summed E-state index contributed by atoms with van der Waals surface area (Å²) in [6, 6.07) is 11.0. The molecule has 6 nitrogen and oxygen atoms in total. The van der Waals surface area contributed by atoms with Crippen LogP contribution in [0.3, 0.4) is 0 Å². The summed E-state index contributed by atoms with van der Waals surface area (Å²) in [4.78, 5) is 13.2. The largest absolute Gasteiger partial charge is 0.486 e. The fourth-order valence-corrected chi connectivity index (χ4v) is 4.82. The van der Waals surface area contributed by atoms with Crippen molar-refractivity contribution in [3.63, 3.8) is 0 Å². The Labute approximate surface area is 215 Å². The standard InChI is InChI=1S/C26H23ClF4N4O2/c1-25(2)11-15-20-19(33-24(34-20)35-21-17(27)8-5-9-18(21)28)10-14(22(15)37-25)23(36)32-12-13-6-3-4-7-16(13)26(29,30)31/h3-10,24,33-35H,11-12H2,1-2H3,(H,32,36). The van der Waals surface area contributed by atoms with Crippen LogP contribution < -0.4 is 26.0 Å². The van der Waals surface area contributed by atoms with Crippen LogP contribution in [0.2, 0.25) is 5.02 Å². The summed E-state index contributed by atoms with van der Waals surface area (Å²) < 4.78 is 60.5. The van der Waals surface area contributed by atoms with E-state index in [0.717, 1.165) is 11.6 Å². The Bertz CT molecular complexity index is 1370. The van der Waals surface area contributed by atoms with Gasteiger partial charge >= 0.3 is 6.18 Å². The number of ether oxygens (including phenoxy) is 1. The van der Waals surface area contributed by atoms with Crippen LogP contribution in [0.25, 0.3) is 0 Å². The van der Waals surface area contributed by atoms with E-state index >= 15 is 0 Å². The topological polar surface area (TPSA) is 74.4 Å². The maximum absolute atomic E-state index is 14.3. The van der Waals surface area contributed by atoms with E-state index in [4.69, 9.17) is 16.3 Å². The van der Waals surface area contributed by atoms with Crippen molar-refractivity contribution < 1.29 is 27.1 Å². The average Bonchev–Trinajstić information content (AvgIpc) is 3.38. The quantitative estimate of drug-likeness (QED) is 0.286. The number of fused-ring (bicyclic) bond motifs is 3. The number of anilines is 3. The van der Waals surface area contributed by atoms with Crippen molar-refractivity contribution in [1.29, 1.82) is 0 Å². The lowest BCUT2D eigenvalue weighted by atomic mass is 9.97. The molecule has 5 rings (SSSR count). The van der Waals surface area contributed by atoms with Crippen LogP contribution in [-0.4, -0.2) is 17.8 Å². The number of rotatable bonds is 5. The van der Waals surface area contributed by atoms with Crippen LogP contribution in [0.5, 0.6) is 5.75 Å². The Morgan fingerprint density at radius 3 is 2.65 bits per heavy atom. The van der Waals surface area contributed by atoms with Gasteiger partial charge in [0.05, 0.1) is 33.2 Å². The molecule has 3 aromatic rings. The first-order valence-electron chi connectivity index (χ1n) is 11.5. The molecule has 1 unspecified atom stereocenters. The van der Waals surface area contributed by atoms with Gasteiger partial charge in [-0.25, -0.2) is 4.39 Å². The zero-order valence-corrected chi connectivity index (χ0v) is 20.6. The number of benzene rings is 3. The highest BCUT2D eigenvalue weighted by molar-refractivity contribution is 6.33. The van der Waals surface area contributed by atoms with Gasteiger partial charge in [0.25, 0.3) is 5.91 Å². The number of hydrogen-bond donors (Lipinski definition) is 4. The van der Waals surface area contributed by atoms with E-state index in [1.54, 1.807) is 12.1 Å². The summed E-state index contributed by atoms with van der Waals surface area (Å²) in [5.41, 5.74) is 0.804. The molecule has 1 amide bonds. The molecule has 2 aliphatic heterocycles. The molecule has 11 heteroatoms. The number of nitrogens with one attached hydrogen (secondary N) is 4. The van der Waals surface area contributed by atoms with Crippen LogP contribution in [0, 0.1) is 5.82 Å². The van der Waals surface area contributed by atoms with Crippen molar-refractivity contribution >= 4 is 34.6 Å². The SMILES string of the molecule is CC1(C)Cc2c3c(cc(C(=O)NCc4ccccc4C(F)(F)F)c2O1)NC(Nc1c(F)cccc1Cl)N3. The van der Waals surface area contributed by atoms with Gasteiger partial charge in [0.2, 0.25) is 0 Å². The minimum atomic E-state index is -4.54. The molecule has 0 spiro atoms. The Morgan fingerprint density at radius 2 is 1.92 bits per heavy atom. The van der Waals surface area contributed by atoms with Crippen LogP contribution in [0.1, 0.15) is 40.9 Å². The second-order valence-corrected chi connectivity index (χ2v) is 9.90. The first-order chi connectivity index (χ1) is 17.4. The minimum Gasteiger partial charge on any atom is -0.486 e. The molecule has 194 valence electrons. The smallest absolute Gasteiger partial charge is 0.416 e. The normalized spacial score (nSPS) is 17.2. The zero-order valence-electron chi connectivity index (χ0n) is 19.8. The molecular formula is C26H23ClF4N4O2. The lowest BCUT2D eigenvalue weighted by Gasteiger charge is -2.19. The molecule has 2 aliphatic rings. The van der Waals surface area contributed by atoms with Crippen molar-refractivity contribution in [2.75, 3.05) is 16.0 Å². The number of alkyl halides is 3. The Hall–Kier alpha value is -3.66. The molecule has 0 saturated carbocycles. The van der Waals surface area contributed by atoms with Gasteiger partial charge in [-0.05, 0) is 43.7 Å². The monoisotopic (exact) mass is 534 g/mol. The second-order valence-electron chi connectivity index (χ2n) is 9.49. The van der Waals surface area contributed by atoms with Gasteiger partial charge in [-0.2, -0.15) is 13.2 Å². The van der Waals surface area contributed by atoms with Gasteiger partial charge in [-0.15, -0.1) is 0 Å². The summed E-state index contributed by atoms with van der Waals surface area (Å²) >= 11 is 6.14. The molecule has 0 bridgehead atoms. The summed E-state index contributed by atoms with van der Waals surface area (Å²) in [7, 11) is 0. The Kier molecular flexibility index (Phi) is 6.10. The highest BCUT2D eigenvalue weighted by Gasteiger charge is 2.39. The van der Waals surface area contributed by atoms with Crippen molar-refractivity contribution in [3.05, 3.63) is 81.6 Å². The number of carbonyl (C=O) groups excluding carboxylic acids is 1. The molecule has 0 fully saturated rings.